The molecule has 0 spiro atoms. The third-order valence-electron chi connectivity index (χ3n) is 8.58. The van der Waals surface area contributed by atoms with Crippen LogP contribution in [0, 0.1) is 0 Å². The normalized spacial score (nSPS) is 14.0. The van der Waals surface area contributed by atoms with Crippen molar-refractivity contribution >= 4 is 18.2 Å². The van der Waals surface area contributed by atoms with Crippen molar-refractivity contribution in [2.45, 2.75) is 182 Å². The molecule has 0 aliphatic carbocycles. The maximum absolute atomic E-state index is 12.4. The van der Waals surface area contributed by atoms with Crippen molar-refractivity contribution in [2.75, 3.05) is 24.6 Å². The van der Waals surface area contributed by atoms with E-state index in [4.69, 9.17) is 3.97 Å². The molecular weight excluding hydrogens is 495 g/mol. The molecule has 0 aromatic heterocycles. The van der Waals surface area contributed by atoms with Gasteiger partial charge in [0.15, 0.2) is 0 Å². The fourth-order valence-electron chi connectivity index (χ4n) is 6.17. The molecule has 1 unspecified atom stereocenters. The number of hydrogen-bond acceptors (Lipinski definition) is 2. The molecule has 1 N–H and O–H groups in total. The van der Waals surface area contributed by atoms with E-state index in [2.05, 4.69) is 27.7 Å². The van der Waals surface area contributed by atoms with Crippen molar-refractivity contribution in [2.24, 2.45) is 0 Å². The van der Waals surface area contributed by atoms with E-state index in [0.29, 0.717) is 0 Å². The Morgan fingerprint density at radius 2 is 0.649 bits per heavy atom. The van der Waals surface area contributed by atoms with Crippen LogP contribution >= 0.6 is 6.83 Å². The van der Waals surface area contributed by atoms with Gasteiger partial charge in [-0.25, -0.2) is 0 Å². The van der Waals surface area contributed by atoms with Gasteiger partial charge in [0.2, 0.25) is 0 Å². The number of hydrogen-bond donors (Lipinski definition) is 1. The van der Waals surface area contributed by atoms with E-state index in [9.17, 15) is 8.76 Å². The van der Waals surface area contributed by atoms with Gasteiger partial charge in [-0.15, -0.1) is 0 Å². The molecule has 0 aromatic rings. The summed E-state index contributed by atoms with van der Waals surface area (Å²) in [5.41, 5.74) is 0. The van der Waals surface area contributed by atoms with Gasteiger partial charge in [-0.2, -0.15) is 0 Å². The zero-order valence-electron chi connectivity index (χ0n) is 25.9. The third-order valence-corrected chi connectivity index (χ3v) is 16.6. The maximum atomic E-state index is 12.4. The Morgan fingerprint density at radius 1 is 0.432 bits per heavy atom. The molecule has 1 atom stereocenters. The summed E-state index contributed by atoms with van der Waals surface area (Å²) in [5.74, 6) is 0. The molecule has 0 aliphatic rings. The van der Waals surface area contributed by atoms with Crippen LogP contribution in [0.25, 0.3) is 0 Å². The van der Waals surface area contributed by atoms with Crippen LogP contribution in [0.3, 0.4) is 0 Å². The van der Waals surface area contributed by atoms with Gasteiger partial charge in [-0.1, -0.05) is 0 Å². The summed E-state index contributed by atoms with van der Waals surface area (Å²) in [5, 5.41) is 0. The molecule has 0 amide bonds. The molecule has 0 heterocycles. The van der Waals surface area contributed by atoms with Crippen molar-refractivity contribution in [3.05, 3.63) is 0 Å². The van der Waals surface area contributed by atoms with Crippen molar-refractivity contribution in [1.82, 2.24) is 0 Å². The number of unbranched alkanes of at least 4 members (excludes halogenated alkanes) is 20. The summed E-state index contributed by atoms with van der Waals surface area (Å²) in [7, 11) is 0. The van der Waals surface area contributed by atoms with Crippen LogP contribution in [0.4, 0.5) is 0 Å². The molecule has 0 rings (SSSR count). The minimum absolute atomic E-state index is 1.09. The second-order valence-electron chi connectivity index (χ2n) is 12.1. The Labute approximate surface area is 237 Å². The van der Waals surface area contributed by atoms with Crippen molar-refractivity contribution < 1.29 is 12.7 Å². The average Bonchev–Trinajstić information content (AvgIpc) is 2.88. The summed E-state index contributed by atoms with van der Waals surface area (Å²) >= 11 is -2.16. The first-order valence-corrected chi connectivity index (χ1v) is 20.7. The summed E-state index contributed by atoms with van der Waals surface area (Å²) in [4.78, 5) is 0. The fourth-order valence-corrected chi connectivity index (χ4v) is 14.2. The van der Waals surface area contributed by atoms with Gasteiger partial charge in [0.25, 0.3) is 0 Å². The predicted octanol–water partition coefficient (Wildman–Crippen LogP) is 12.0. The topological polar surface area (TPSA) is 46.5 Å². The van der Waals surface area contributed by atoms with Gasteiger partial charge in [-0.3, -0.25) is 0 Å². The summed E-state index contributed by atoms with van der Waals surface area (Å²) in [6.07, 6.45) is 35.0. The molecule has 0 bridgehead atoms. The molecule has 37 heavy (non-hydrogen) atoms. The first-order valence-electron chi connectivity index (χ1n) is 16.8. The molecule has 0 saturated heterocycles. The Hall–Kier alpha value is 0.500. The van der Waals surface area contributed by atoms with Crippen LogP contribution in [0.2, 0.25) is 0 Å². The summed E-state index contributed by atoms with van der Waals surface area (Å²) < 4.78 is 29.2. The molecule has 3 nitrogen and oxygen atoms in total. The third kappa shape index (κ3) is 20.1. The standard InChI is InChI=1S/C32H69O3PS/c1-5-9-13-17-21-25-29-36(35-37(33)34,30-26-22-18-14-10-6-2,31-27-23-19-15-11-7-3)32-28-24-20-16-12-8-4/h5-32H2,1-4H3,(H,33,34). The Bertz CT molecular complexity index is 439. The summed E-state index contributed by atoms with van der Waals surface area (Å²) in [6, 6.07) is 0. The Kier molecular flexibility index (Phi) is 25.8. The van der Waals surface area contributed by atoms with Crippen LogP contribution in [0.1, 0.15) is 182 Å². The van der Waals surface area contributed by atoms with E-state index in [1.54, 1.807) is 0 Å². The van der Waals surface area contributed by atoms with E-state index >= 15 is 0 Å². The van der Waals surface area contributed by atoms with E-state index in [0.717, 1.165) is 24.6 Å². The van der Waals surface area contributed by atoms with Gasteiger partial charge in [0.05, 0.1) is 0 Å². The first-order chi connectivity index (χ1) is 18.0. The van der Waals surface area contributed by atoms with Gasteiger partial charge >= 0.3 is 237 Å². The fraction of sp³-hybridized carbons (Fsp3) is 1.00. The monoisotopic (exact) mass is 564 g/mol. The van der Waals surface area contributed by atoms with Crippen LogP contribution < -0.4 is 0 Å². The second kappa shape index (κ2) is 25.5. The Morgan fingerprint density at radius 3 is 0.865 bits per heavy atom. The molecule has 226 valence electrons. The zero-order chi connectivity index (χ0) is 27.5. The molecule has 5 heteroatoms. The van der Waals surface area contributed by atoms with Crippen LogP contribution in [0.15, 0.2) is 0 Å². The average molecular weight is 565 g/mol. The minimum atomic E-state index is -2.74. The van der Waals surface area contributed by atoms with Crippen LogP contribution in [-0.4, -0.2) is 33.4 Å². The molecular formula is C32H69O3PS. The SMILES string of the molecule is CCCCCCCCP(CCCCCCCC)(CCCCCCCC)(CCCCCCCC)OS(=O)O. The number of rotatable bonds is 30. The van der Waals surface area contributed by atoms with Crippen molar-refractivity contribution in [3.8, 4) is 0 Å². The van der Waals surface area contributed by atoms with Gasteiger partial charge in [0, 0.05) is 0 Å². The van der Waals surface area contributed by atoms with Crippen LogP contribution in [0.5, 0.6) is 0 Å². The molecule has 0 aromatic carbocycles. The van der Waals surface area contributed by atoms with Gasteiger partial charge in [-0.05, 0) is 0 Å². The molecule has 0 aliphatic heterocycles. The Balaban J connectivity index is 5.57. The first kappa shape index (κ1) is 37.5. The quantitative estimate of drug-likeness (QED) is 0.0536. The molecule has 0 radical (unpaired) electrons. The molecule has 0 saturated carbocycles. The van der Waals surface area contributed by atoms with Crippen molar-refractivity contribution in [3.63, 3.8) is 0 Å². The van der Waals surface area contributed by atoms with E-state index in [1.165, 1.54) is 154 Å². The molecule has 0 fully saturated rings. The van der Waals surface area contributed by atoms with E-state index in [-0.39, 0.29) is 0 Å². The predicted molar refractivity (Wildman–Crippen MR) is 172 cm³/mol. The van der Waals surface area contributed by atoms with E-state index in [1.807, 2.05) is 0 Å². The van der Waals surface area contributed by atoms with Crippen molar-refractivity contribution in [1.29, 1.82) is 0 Å². The zero-order valence-corrected chi connectivity index (χ0v) is 27.6. The van der Waals surface area contributed by atoms with E-state index < -0.39 is 18.2 Å². The second-order valence-corrected chi connectivity index (χ2v) is 18.7. The van der Waals surface area contributed by atoms with Gasteiger partial charge in [0.1, 0.15) is 0 Å². The summed E-state index contributed by atoms with van der Waals surface area (Å²) in [6.45, 7) is 6.37. The van der Waals surface area contributed by atoms with Gasteiger partial charge < -0.3 is 0 Å². The van der Waals surface area contributed by atoms with Crippen LogP contribution in [-0.2, 0) is 15.3 Å².